The van der Waals surface area contributed by atoms with E-state index in [0.29, 0.717) is 18.0 Å². The Kier molecular flexibility index (Phi) is 4.11. The molecule has 3 rings (SSSR count). The Balaban J connectivity index is 1.99. The van der Waals surface area contributed by atoms with Crippen LogP contribution in [0.2, 0.25) is 0 Å². The van der Waals surface area contributed by atoms with Gasteiger partial charge in [-0.05, 0) is 19.2 Å². The molecular formula is C15H17ClN4O. The molecule has 0 aliphatic carbocycles. The number of morpholine rings is 1. The first-order valence-electron chi connectivity index (χ1n) is 6.97. The third-order valence-corrected chi connectivity index (χ3v) is 4.07. The number of fused-ring (bicyclic) bond motifs is 1. The number of likely N-dealkylation sites (N-methyl/N-ethyl adjacent to an activating group) is 1. The third-order valence-electron chi connectivity index (χ3n) is 3.83. The van der Waals surface area contributed by atoms with Crippen molar-refractivity contribution in [3.63, 3.8) is 0 Å². The van der Waals surface area contributed by atoms with Crippen LogP contribution in [0.15, 0.2) is 18.2 Å². The summed E-state index contributed by atoms with van der Waals surface area (Å²) < 4.78 is 7.90. The molecule has 1 unspecified atom stereocenters. The predicted molar refractivity (Wildman–Crippen MR) is 81.2 cm³/mol. The van der Waals surface area contributed by atoms with Gasteiger partial charge in [0.1, 0.15) is 17.4 Å². The SMILES string of the molecule is CN1CCOC(Cn2c(CCl)nc3c(C#N)cccc32)C1. The van der Waals surface area contributed by atoms with Gasteiger partial charge in [0, 0.05) is 13.1 Å². The van der Waals surface area contributed by atoms with Gasteiger partial charge in [-0.25, -0.2) is 4.98 Å². The van der Waals surface area contributed by atoms with Gasteiger partial charge in [0.2, 0.25) is 0 Å². The highest BCUT2D eigenvalue weighted by Gasteiger charge is 2.21. The van der Waals surface area contributed by atoms with Gasteiger partial charge >= 0.3 is 0 Å². The van der Waals surface area contributed by atoms with Crippen LogP contribution in [-0.2, 0) is 17.2 Å². The molecule has 2 aromatic rings. The van der Waals surface area contributed by atoms with Crippen LogP contribution in [0.3, 0.4) is 0 Å². The molecule has 0 amide bonds. The van der Waals surface area contributed by atoms with Crippen LogP contribution < -0.4 is 0 Å². The molecule has 2 heterocycles. The average molecular weight is 305 g/mol. The molecule has 110 valence electrons. The number of imidazole rings is 1. The zero-order chi connectivity index (χ0) is 14.8. The molecule has 1 atom stereocenters. The van der Waals surface area contributed by atoms with Gasteiger partial charge in [-0.1, -0.05) is 6.07 Å². The average Bonchev–Trinajstić information content (AvgIpc) is 2.85. The van der Waals surface area contributed by atoms with E-state index in [4.69, 9.17) is 16.3 Å². The molecule has 0 saturated carbocycles. The second-order valence-corrected chi connectivity index (χ2v) is 5.58. The minimum absolute atomic E-state index is 0.119. The fraction of sp³-hybridized carbons (Fsp3) is 0.467. The van der Waals surface area contributed by atoms with Gasteiger partial charge in [0.15, 0.2) is 0 Å². The van der Waals surface area contributed by atoms with E-state index in [1.165, 1.54) is 0 Å². The van der Waals surface area contributed by atoms with Crippen LogP contribution in [0.1, 0.15) is 11.4 Å². The monoisotopic (exact) mass is 304 g/mol. The number of benzene rings is 1. The second kappa shape index (κ2) is 6.02. The number of rotatable bonds is 3. The van der Waals surface area contributed by atoms with Crippen molar-refractivity contribution in [1.82, 2.24) is 14.5 Å². The largest absolute Gasteiger partial charge is 0.374 e. The Morgan fingerprint density at radius 2 is 2.38 bits per heavy atom. The van der Waals surface area contributed by atoms with E-state index in [2.05, 4.69) is 27.6 Å². The Bertz CT molecular complexity index is 691. The third kappa shape index (κ3) is 2.75. The van der Waals surface area contributed by atoms with Crippen molar-refractivity contribution in [1.29, 1.82) is 5.26 Å². The summed E-state index contributed by atoms with van der Waals surface area (Å²) >= 11 is 6.03. The fourth-order valence-electron chi connectivity index (χ4n) is 2.77. The number of hydrogen-bond acceptors (Lipinski definition) is 4. The van der Waals surface area contributed by atoms with Crippen molar-refractivity contribution >= 4 is 22.6 Å². The molecular weight excluding hydrogens is 288 g/mol. The number of aromatic nitrogens is 2. The van der Waals surface area contributed by atoms with E-state index in [0.717, 1.165) is 36.6 Å². The summed E-state index contributed by atoms with van der Waals surface area (Å²) in [6.45, 7) is 3.30. The quantitative estimate of drug-likeness (QED) is 0.814. The summed E-state index contributed by atoms with van der Waals surface area (Å²) in [5.74, 6) is 1.11. The van der Waals surface area contributed by atoms with E-state index in [1.807, 2.05) is 12.1 Å². The van der Waals surface area contributed by atoms with Gasteiger partial charge in [-0.3, -0.25) is 0 Å². The van der Waals surface area contributed by atoms with Crippen LogP contribution in [-0.4, -0.2) is 47.3 Å². The highest BCUT2D eigenvalue weighted by molar-refractivity contribution is 6.16. The maximum absolute atomic E-state index is 9.20. The lowest BCUT2D eigenvalue weighted by molar-refractivity contribution is -0.0272. The first-order valence-corrected chi connectivity index (χ1v) is 7.50. The van der Waals surface area contributed by atoms with E-state index < -0.39 is 0 Å². The standard InChI is InChI=1S/C15H17ClN4O/c1-19-5-6-21-12(9-19)10-20-13-4-2-3-11(8-17)15(13)18-14(20)7-16/h2-4,12H,5-7,9-10H2,1H3. The van der Waals surface area contributed by atoms with Crippen molar-refractivity contribution < 1.29 is 4.74 Å². The number of alkyl halides is 1. The van der Waals surface area contributed by atoms with Crippen molar-refractivity contribution in [3.05, 3.63) is 29.6 Å². The molecule has 1 saturated heterocycles. The van der Waals surface area contributed by atoms with Gasteiger partial charge in [0.05, 0.1) is 36.2 Å². The molecule has 0 spiro atoms. The van der Waals surface area contributed by atoms with Crippen molar-refractivity contribution in [2.45, 2.75) is 18.5 Å². The number of halogens is 1. The molecule has 0 radical (unpaired) electrons. The Hall–Kier alpha value is -1.61. The minimum atomic E-state index is 0.119. The summed E-state index contributed by atoms with van der Waals surface area (Å²) in [4.78, 5) is 6.78. The normalized spacial score (nSPS) is 19.8. The Labute approximate surface area is 128 Å². The molecule has 1 aliphatic heterocycles. The smallest absolute Gasteiger partial charge is 0.124 e. The fourth-order valence-corrected chi connectivity index (χ4v) is 2.98. The lowest BCUT2D eigenvalue weighted by atomic mass is 10.2. The van der Waals surface area contributed by atoms with Crippen LogP contribution in [0.5, 0.6) is 0 Å². The molecule has 5 nitrogen and oxygen atoms in total. The lowest BCUT2D eigenvalue weighted by Crippen LogP contribution is -2.42. The summed E-state index contributed by atoms with van der Waals surface area (Å²) in [7, 11) is 2.10. The Morgan fingerprint density at radius 3 is 3.10 bits per heavy atom. The summed E-state index contributed by atoms with van der Waals surface area (Å²) in [5.41, 5.74) is 2.25. The minimum Gasteiger partial charge on any atom is -0.374 e. The number of hydrogen-bond donors (Lipinski definition) is 0. The maximum Gasteiger partial charge on any atom is 0.124 e. The number of nitrogens with zero attached hydrogens (tertiary/aromatic N) is 4. The van der Waals surface area contributed by atoms with Crippen LogP contribution in [0, 0.1) is 11.3 Å². The Morgan fingerprint density at radius 1 is 1.52 bits per heavy atom. The zero-order valence-corrected chi connectivity index (χ0v) is 12.7. The molecule has 1 fully saturated rings. The highest BCUT2D eigenvalue weighted by Crippen LogP contribution is 2.22. The number of ether oxygens (including phenoxy) is 1. The van der Waals surface area contributed by atoms with E-state index in [1.54, 1.807) is 6.07 Å². The maximum atomic E-state index is 9.20. The zero-order valence-electron chi connectivity index (χ0n) is 11.9. The van der Waals surface area contributed by atoms with Crippen molar-refractivity contribution in [3.8, 4) is 6.07 Å². The second-order valence-electron chi connectivity index (χ2n) is 5.31. The van der Waals surface area contributed by atoms with Gasteiger partial charge in [0.25, 0.3) is 0 Å². The van der Waals surface area contributed by atoms with Crippen molar-refractivity contribution in [2.24, 2.45) is 0 Å². The number of para-hydroxylation sites is 1. The van der Waals surface area contributed by atoms with Crippen molar-refractivity contribution in [2.75, 3.05) is 26.7 Å². The van der Waals surface area contributed by atoms with Gasteiger partial charge in [-0.15, -0.1) is 11.6 Å². The summed E-state index contributed by atoms with van der Waals surface area (Å²) in [6.07, 6.45) is 0.119. The van der Waals surface area contributed by atoms with E-state index >= 15 is 0 Å². The number of nitriles is 1. The molecule has 0 bridgehead atoms. The molecule has 21 heavy (non-hydrogen) atoms. The van der Waals surface area contributed by atoms with Crippen LogP contribution >= 0.6 is 11.6 Å². The van der Waals surface area contributed by atoms with E-state index in [9.17, 15) is 5.26 Å². The molecule has 1 aromatic carbocycles. The molecule has 1 aliphatic rings. The summed E-state index contributed by atoms with van der Waals surface area (Å²) in [5, 5.41) is 9.20. The molecule has 6 heteroatoms. The first kappa shape index (κ1) is 14.3. The van der Waals surface area contributed by atoms with Crippen LogP contribution in [0.4, 0.5) is 0 Å². The van der Waals surface area contributed by atoms with Gasteiger partial charge in [-0.2, -0.15) is 5.26 Å². The topological polar surface area (TPSA) is 54.1 Å². The molecule has 0 N–H and O–H groups in total. The summed E-state index contributed by atoms with van der Waals surface area (Å²) in [6, 6.07) is 7.83. The molecule has 1 aromatic heterocycles. The predicted octanol–water partition coefficient (Wildman–Crippen LogP) is 1.98. The van der Waals surface area contributed by atoms with Gasteiger partial charge < -0.3 is 14.2 Å². The highest BCUT2D eigenvalue weighted by atomic mass is 35.5. The van der Waals surface area contributed by atoms with E-state index in [-0.39, 0.29) is 6.10 Å². The lowest BCUT2D eigenvalue weighted by Gasteiger charge is -2.30. The first-order chi connectivity index (χ1) is 10.2. The van der Waals surface area contributed by atoms with Crippen LogP contribution in [0.25, 0.3) is 11.0 Å².